The number of anilines is 1. The van der Waals surface area contributed by atoms with Crippen LogP contribution < -0.4 is 5.32 Å². The van der Waals surface area contributed by atoms with E-state index in [1.165, 1.54) is 0 Å². The number of nitrogens with one attached hydrogen (secondary N) is 1. The second kappa shape index (κ2) is 8.35. The third kappa shape index (κ3) is 5.17. The molecule has 9 heteroatoms. The molecule has 0 saturated heterocycles. The van der Waals surface area contributed by atoms with Crippen LogP contribution in [-0.4, -0.2) is 26.5 Å². The lowest BCUT2D eigenvalue weighted by Gasteiger charge is -2.13. The molecular weight excluding hydrogens is 416 g/mol. The Morgan fingerprint density at radius 2 is 1.58 bits per heavy atom. The summed E-state index contributed by atoms with van der Waals surface area (Å²) in [5, 5.41) is 3.75. The number of rotatable bonds is 5. The van der Waals surface area contributed by atoms with Gasteiger partial charge in [-0.25, -0.2) is 4.98 Å². The Morgan fingerprint density at radius 1 is 0.885 bits per heavy atom. The molecule has 0 saturated carbocycles. The van der Waals surface area contributed by atoms with Crippen LogP contribution in [0.5, 0.6) is 0 Å². The molecule has 2 aromatic heterocycles. The Balaban J connectivity index is 1.84. The molecule has 0 aliphatic heterocycles. The van der Waals surface area contributed by atoms with Crippen molar-refractivity contribution in [3.63, 3.8) is 0 Å². The van der Waals surface area contributed by atoms with Crippen LogP contribution in [0.2, 0.25) is 5.02 Å². The second-order valence-electron chi connectivity index (χ2n) is 5.34. The minimum Gasteiger partial charge on any atom is -0.354 e. The van der Waals surface area contributed by atoms with E-state index in [-0.39, 0.29) is 5.82 Å². The molecule has 0 spiro atoms. The lowest BCUT2D eigenvalue weighted by Crippen LogP contribution is -2.15. The summed E-state index contributed by atoms with van der Waals surface area (Å²) >= 11 is 23.8. The van der Waals surface area contributed by atoms with Gasteiger partial charge in [-0.2, -0.15) is 9.97 Å². The first-order valence-electron chi connectivity index (χ1n) is 7.64. The zero-order valence-electron chi connectivity index (χ0n) is 13.3. The van der Waals surface area contributed by atoms with E-state index in [1.807, 2.05) is 12.1 Å². The average Bonchev–Trinajstić information content (AvgIpc) is 2.62. The molecule has 0 radical (unpaired) electrons. The Kier molecular flexibility index (Phi) is 6.14. The fraction of sp³-hybridized carbons (Fsp3) is 0.176. The fourth-order valence-electron chi connectivity index (χ4n) is 2.18. The van der Waals surface area contributed by atoms with E-state index in [0.717, 1.165) is 17.5 Å². The quantitative estimate of drug-likeness (QED) is 0.574. The molecule has 2 heterocycles. The van der Waals surface area contributed by atoms with E-state index in [1.54, 1.807) is 36.7 Å². The van der Waals surface area contributed by atoms with Crippen LogP contribution in [0.25, 0.3) is 11.4 Å². The van der Waals surface area contributed by atoms with Crippen LogP contribution in [0.4, 0.5) is 5.95 Å². The number of pyridine rings is 1. The predicted octanol–water partition coefficient (Wildman–Crippen LogP) is 5.07. The fourth-order valence-corrected chi connectivity index (χ4v) is 2.56. The molecule has 0 aliphatic carbocycles. The number of hydrogen-bond acceptors (Lipinski definition) is 5. The molecule has 0 bridgehead atoms. The lowest BCUT2D eigenvalue weighted by molar-refractivity contribution is 0.903. The summed E-state index contributed by atoms with van der Waals surface area (Å²) < 4.78 is -1.76. The van der Waals surface area contributed by atoms with Gasteiger partial charge < -0.3 is 5.32 Å². The maximum Gasteiger partial charge on any atom is 0.250 e. The molecule has 0 atom stereocenters. The Hall–Kier alpha value is -1.66. The van der Waals surface area contributed by atoms with Crippen LogP contribution in [0, 0.1) is 0 Å². The van der Waals surface area contributed by atoms with Gasteiger partial charge in [-0.05, 0) is 48.4 Å². The second-order valence-corrected chi connectivity index (χ2v) is 8.06. The molecule has 0 amide bonds. The minimum atomic E-state index is -1.76. The first-order valence-corrected chi connectivity index (χ1v) is 9.15. The molecule has 0 unspecified atom stereocenters. The molecule has 0 aliphatic rings. The van der Waals surface area contributed by atoms with Crippen molar-refractivity contribution >= 4 is 52.4 Å². The molecule has 3 aromatic rings. The number of aromatic nitrogens is 4. The molecular formula is C17H13Cl4N5. The van der Waals surface area contributed by atoms with E-state index in [9.17, 15) is 0 Å². The number of benzene rings is 1. The van der Waals surface area contributed by atoms with Gasteiger partial charge in [-0.15, -0.1) is 0 Å². The van der Waals surface area contributed by atoms with Crippen LogP contribution in [0.15, 0.2) is 48.8 Å². The van der Waals surface area contributed by atoms with E-state index in [4.69, 9.17) is 46.4 Å². The molecule has 3 rings (SSSR count). The highest BCUT2D eigenvalue weighted by Crippen LogP contribution is 2.36. The molecule has 5 nitrogen and oxygen atoms in total. The zero-order chi connectivity index (χ0) is 18.6. The monoisotopic (exact) mass is 427 g/mol. The predicted molar refractivity (Wildman–Crippen MR) is 106 cm³/mol. The largest absolute Gasteiger partial charge is 0.354 e. The summed E-state index contributed by atoms with van der Waals surface area (Å²) in [7, 11) is 0. The molecule has 134 valence electrons. The van der Waals surface area contributed by atoms with Crippen molar-refractivity contribution in [3.8, 4) is 11.4 Å². The minimum absolute atomic E-state index is 0.0499. The molecule has 1 N–H and O–H groups in total. The zero-order valence-corrected chi connectivity index (χ0v) is 16.4. The number of alkyl halides is 3. The van der Waals surface area contributed by atoms with Crippen molar-refractivity contribution < 1.29 is 0 Å². The van der Waals surface area contributed by atoms with Crippen LogP contribution in [0.1, 0.15) is 11.4 Å². The molecule has 26 heavy (non-hydrogen) atoms. The Morgan fingerprint density at radius 3 is 2.23 bits per heavy atom. The van der Waals surface area contributed by atoms with Gasteiger partial charge in [-0.1, -0.05) is 46.4 Å². The topological polar surface area (TPSA) is 63.6 Å². The smallest absolute Gasteiger partial charge is 0.250 e. The van der Waals surface area contributed by atoms with Crippen LogP contribution >= 0.6 is 46.4 Å². The highest BCUT2D eigenvalue weighted by atomic mass is 35.6. The van der Waals surface area contributed by atoms with Crippen molar-refractivity contribution in [2.45, 2.75) is 10.2 Å². The number of halogens is 4. The van der Waals surface area contributed by atoms with Crippen LogP contribution in [-0.2, 0) is 10.2 Å². The van der Waals surface area contributed by atoms with Crippen molar-refractivity contribution in [3.05, 3.63) is 65.2 Å². The summed E-state index contributed by atoms with van der Waals surface area (Å²) in [4.78, 5) is 16.9. The SMILES string of the molecule is Clc1ccc(-c2nc(NCCc3ccncc3)nc(C(Cl)(Cl)Cl)n2)cc1. The summed E-state index contributed by atoms with van der Waals surface area (Å²) in [6, 6.07) is 11.0. The summed E-state index contributed by atoms with van der Waals surface area (Å²) in [6.07, 6.45) is 4.27. The average molecular weight is 429 g/mol. The van der Waals surface area contributed by atoms with E-state index in [2.05, 4.69) is 25.3 Å². The maximum absolute atomic E-state index is 5.97. The van der Waals surface area contributed by atoms with Gasteiger partial charge in [0.1, 0.15) is 0 Å². The standard InChI is InChI=1S/C17H13Cl4N5/c18-13-3-1-12(2-4-13)14-24-15(17(19,20)21)26-16(25-14)23-10-7-11-5-8-22-9-6-11/h1-6,8-9H,7,10H2,(H,23,24,25,26). The third-order valence-electron chi connectivity index (χ3n) is 3.44. The number of hydrogen-bond donors (Lipinski definition) is 1. The van der Waals surface area contributed by atoms with Gasteiger partial charge >= 0.3 is 0 Å². The van der Waals surface area contributed by atoms with Crippen molar-refractivity contribution in [1.82, 2.24) is 19.9 Å². The van der Waals surface area contributed by atoms with E-state index >= 15 is 0 Å². The molecule has 0 fully saturated rings. The molecule has 1 aromatic carbocycles. The highest BCUT2D eigenvalue weighted by Gasteiger charge is 2.28. The summed E-state index contributed by atoms with van der Waals surface area (Å²) in [5.74, 6) is 0.776. The summed E-state index contributed by atoms with van der Waals surface area (Å²) in [6.45, 7) is 0.605. The Labute approximate surface area is 170 Å². The normalized spacial score (nSPS) is 11.4. The van der Waals surface area contributed by atoms with Crippen LogP contribution in [0.3, 0.4) is 0 Å². The summed E-state index contributed by atoms with van der Waals surface area (Å²) in [5.41, 5.74) is 1.88. The van der Waals surface area contributed by atoms with Gasteiger partial charge in [0.05, 0.1) is 0 Å². The van der Waals surface area contributed by atoms with Crippen molar-refractivity contribution in [2.24, 2.45) is 0 Å². The van der Waals surface area contributed by atoms with Crippen molar-refractivity contribution in [1.29, 1.82) is 0 Å². The lowest BCUT2D eigenvalue weighted by atomic mass is 10.2. The van der Waals surface area contributed by atoms with Crippen molar-refractivity contribution in [2.75, 3.05) is 11.9 Å². The highest BCUT2D eigenvalue weighted by molar-refractivity contribution is 6.66. The number of nitrogens with zero attached hydrogens (tertiary/aromatic N) is 4. The van der Waals surface area contributed by atoms with E-state index in [0.29, 0.717) is 23.3 Å². The van der Waals surface area contributed by atoms with Gasteiger partial charge in [-0.3, -0.25) is 4.98 Å². The van der Waals surface area contributed by atoms with Gasteiger partial charge in [0, 0.05) is 29.5 Å². The first-order chi connectivity index (χ1) is 12.4. The first kappa shape index (κ1) is 19.1. The van der Waals surface area contributed by atoms with Gasteiger partial charge in [0.15, 0.2) is 11.6 Å². The van der Waals surface area contributed by atoms with E-state index < -0.39 is 3.79 Å². The maximum atomic E-state index is 5.97. The Bertz CT molecular complexity index is 867. The van der Waals surface area contributed by atoms with Gasteiger partial charge in [0.2, 0.25) is 9.74 Å². The third-order valence-corrected chi connectivity index (χ3v) is 4.20. The van der Waals surface area contributed by atoms with Gasteiger partial charge in [0.25, 0.3) is 0 Å².